The van der Waals surface area contributed by atoms with Gasteiger partial charge in [0, 0.05) is 37.2 Å². The van der Waals surface area contributed by atoms with Crippen molar-refractivity contribution in [3.8, 4) is 0 Å². The van der Waals surface area contributed by atoms with Crippen LogP contribution < -0.4 is 0 Å². The number of hydrogen-bond acceptors (Lipinski definition) is 12. The fourth-order valence-electron chi connectivity index (χ4n) is 3.05. The number of aliphatic carboxylic acids is 2. The largest absolute Gasteiger partial charge is 0.477 e. The van der Waals surface area contributed by atoms with Gasteiger partial charge in [0.25, 0.3) is 20.2 Å². The second kappa shape index (κ2) is 11.1. The van der Waals surface area contributed by atoms with Crippen molar-refractivity contribution in [2.75, 3.05) is 11.5 Å². The minimum absolute atomic E-state index is 0.0767. The number of amides is 4. The van der Waals surface area contributed by atoms with E-state index in [1.165, 1.54) is 0 Å². The first-order chi connectivity index (χ1) is 16.5. The van der Waals surface area contributed by atoms with Crippen molar-refractivity contribution in [3.05, 3.63) is 21.2 Å². The fourth-order valence-corrected chi connectivity index (χ4v) is 7.75. The smallest absolute Gasteiger partial charge is 0.354 e. The van der Waals surface area contributed by atoms with Gasteiger partial charge in [-0.05, 0) is 0 Å². The first-order valence-electron chi connectivity index (χ1n) is 9.32. The number of carboxylic acids is 2. The maximum atomic E-state index is 11.9. The molecule has 0 radical (unpaired) electrons. The van der Waals surface area contributed by atoms with Gasteiger partial charge in [0.2, 0.25) is 23.6 Å². The molecule has 0 saturated carbocycles. The zero-order valence-electron chi connectivity index (χ0n) is 17.6. The molecule has 20 heteroatoms. The number of hydrogen-bond donors (Lipinski definition) is 4. The molecule has 2 aliphatic heterocycles. The molecule has 0 aromatic heterocycles. The standard InChI is InChI=1S/C16H16N2O14S4/c19-9-1-2-10(20)17(9)13(15(23)24)7(35(27,28)29)5-33-34-6-8(36(30,31)32)14(16(25)26)18-11(21)3-4-12(18)22/h1-6H2,(H,23,24)(H,25,26)(H,27,28,29)(H,30,31,32). The molecule has 0 aromatic rings. The highest BCUT2D eigenvalue weighted by atomic mass is 33.1. The van der Waals surface area contributed by atoms with E-state index in [2.05, 4.69) is 0 Å². The first-order valence-corrected chi connectivity index (χ1v) is 14.7. The Morgan fingerprint density at radius 2 is 0.889 bits per heavy atom. The van der Waals surface area contributed by atoms with Gasteiger partial charge in [0.1, 0.15) is 9.81 Å². The second-order valence-corrected chi connectivity index (χ2v) is 12.2. The van der Waals surface area contributed by atoms with Crippen molar-refractivity contribution >= 4 is 77.4 Å². The average Bonchev–Trinajstić information content (AvgIpc) is 3.22. The number of nitrogens with zero attached hydrogens (tertiary/aromatic N) is 2. The Labute approximate surface area is 210 Å². The summed E-state index contributed by atoms with van der Waals surface area (Å²) in [4.78, 5) is 68.5. The van der Waals surface area contributed by atoms with Gasteiger partial charge in [0.05, 0.1) is 0 Å². The van der Waals surface area contributed by atoms with E-state index in [-0.39, 0.29) is 9.80 Å². The molecular formula is C16H16N2O14S4. The van der Waals surface area contributed by atoms with Crippen molar-refractivity contribution in [3.63, 3.8) is 0 Å². The zero-order valence-corrected chi connectivity index (χ0v) is 20.9. The van der Waals surface area contributed by atoms with Crippen LogP contribution in [0.1, 0.15) is 25.7 Å². The normalized spacial score (nSPS) is 18.5. The zero-order chi connectivity index (χ0) is 27.6. The Balaban J connectivity index is 2.42. The molecule has 0 bridgehead atoms. The molecule has 2 heterocycles. The minimum Gasteiger partial charge on any atom is -0.477 e. The Bertz CT molecular complexity index is 1190. The van der Waals surface area contributed by atoms with Crippen molar-refractivity contribution in [2.24, 2.45) is 0 Å². The van der Waals surface area contributed by atoms with Crippen molar-refractivity contribution < 1.29 is 64.9 Å². The van der Waals surface area contributed by atoms with Crippen molar-refractivity contribution in [1.29, 1.82) is 0 Å². The Morgan fingerprint density at radius 1 is 0.639 bits per heavy atom. The van der Waals surface area contributed by atoms with Gasteiger partial charge in [-0.15, -0.1) is 0 Å². The van der Waals surface area contributed by atoms with Crippen LogP contribution in [0.2, 0.25) is 0 Å². The van der Waals surface area contributed by atoms with Gasteiger partial charge in [-0.1, -0.05) is 21.6 Å². The van der Waals surface area contributed by atoms with E-state index in [0.29, 0.717) is 21.6 Å². The lowest BCUT2D eigenvalue weighted by molar-refractivity contribution is -0.143. The Morgan fingerprint density at radius 3 is 1.08 bits per heavy atom. The number of carboxylic acid groups (broad SMARTS) is 2. The summed E-state index contributed by atoms with van der Waals surface area (Å²) in [6.07, 6.45) is -1.65. The third kappa shape index (κ3) is 6.50. The molecule has 36 heavy (non-hydrogen) atoms. The second-order valence-electron chi connectivity index (χ2n) is 6.87. The molecule has 0 aromatic carbocycles. The van der Waals surface area contributed by atoms with Gasteiger partial charge < -0.3 is 10.2 Å². The van der Waals surface area contributed by atoms with E-state index in [1.54, 1.807) is 0 Å². The van der Waals surface area contributed by atoms with E-state index in [0.717, 1.165) is 0 Å². The van der Waals surface area contributed by atoms with E-state index >= 15 is 0 Å². The van der Waals surface area contributed by atoms with E-state index in [9.17, 15) is 64.9 Å². The van der Waals surface area contributed by atoms with Gasteiger partial charge in [-0.3, -0.25) is 28.3 Å². The fraction of sp³-hybridized carbons (Fsp3) is 0.375. The summed E-state index contributed by atoms with van der Waals surface area (Å²) in [7, 11) is -10.0. The third-order valence-corrected chi connectivity index (χ3v) is 9.04. The van der Waals surface area contributed by atoms with Crippen LogP contribution in [-0.2, 0) is 49.0 Å². The number of imide groups is 2. The maximum absolute atomic E-state index is 11.9. The predicted octanol–water partition coefficient (Wildman–Crippen LogP) is -0.966. The highest BCUT2D eigenvalue weighted by Gasteiger charge is 2.41. The summed E-state index contributed by atoms with van der Waals surface area (Å²) in [5.74, 6) is -10.2. The molecule has 0 atom stereocenters. The highest BCUT2D eigenvalue weighted by Crippen LogP contribution is 2.34. The minimum atomic E-state index is -5.33. The topological polar surface area (TPSA) is 258 Å². The summed E-state index contributed by atoms with van der Waals surface area (Å²) in [6.45, 7) is 0. The SMILES string of the molecule is O=C(O)C(=C(CSSCC(=C(C(=O)O)N1C(=O)CCC1=O)S(=O)(=O)O)S(=O)(=O)O)N1C(=O)CCC1=O. The lowest BCUT2D eigenvalue weighted by atomic mass is 10.3. The van der Waals surface area contributed by atoms with Gasteiger partial charge in [0.15, 0.2) is 11.4 Å². The molecular weight excluding hydrogens is 572 g/mol. The summed E-state index contributed by atoms with van der Waals surface area (Å²) < 4.78 is 66.4. The number of carbonyl (C=O) groups excluding carboxylic acids is 4. The Hall–Kier alpha value is -2.78. The number of rotatable bonds is 11. The molecule has 0 aliphatic carbocycles. The maximum Gasteiger partial charge on any atom is 0.354 e. The van der Waals surface area contributed by atoms with Crippen LogP contribution in [0.5, 0.6) is 0 Å². The van der Waals surface area contributed by atoms with Crippen LogP contribution in [0.3, 0.4) is 0 Å². The van der Waals surface area contributed by atoms with Gasteiger partial charge >= 0.3 is 11.9 Å². The molecule has 0 unspecified atom stereocenters. The number of likely N-dealkylation sites (tertiary alicyclic amines) is 2. The monoisotopic (exact) mass is 588 g/mol. The lowest BCUT2D eigenvalue weighted by Gasteiger charge is -2.18. The molecule has 2 saturated heterocycles. The van der Waals surface area contributed by atoms with Gasteiger partial charge in [-0.2, -0.15) is 16.8 Å². The summed E-state index contributed by atoms with van der Waals surface area (Å²) in [5.41, 5.74) is -2.69. The summed E-state index contributed by atoms with van der Waals surface area (Å²) in [6, 6.07) is 0. The van der Waals surface area contributed by atoms with Crippen LogP contribution in [0.4, 0.5) is 0 Å². The molecule has 2 rings (SSSR count). The summed E-state index contributed by atoms with van der Waals surface area (Å²) >= 11 is 0. The summed E-state index contributed by atoms with van der Waals surface area (Å²) in [5, 5.41) is 18.8. The predicted molar refractivity (Wildman–Crippen MR) is 120 cm³/mol. The van der Waals surface area contributed by atoms with E-state index in [1.807, 2.05) is 0 Å². The van der Waals surface area contributed by atoms with Crippen LogP contribution in [0.15, 0.2) is 21.2 Å². The van der Waals surface area contributed by atoms with Crippen LogP contribution in [-0.4, -0.2) is 93.0 Å². The lowest BCUT2D eigenvalue weighted by Crippen LogP contribution is -2.35. The first kappa shape index (κ1) is 29.5. The molecule has 4 N–H and O–H groups in total. The van der Waals surface area contributed by atoms with E-state index < -0.39 is 114 Å². The quantitative estimate of drug-likeness (QED) is 0.0744. The van der Waals surface area contributed by atoms with Crippen LogP contribution in [0, 0.1) is 0 Å². The van der Waals surface area contributed by atoms with E-state index in [4.69, 9.17) is 0 Å². The number of carbonyl (C=O) groups is 6. The highest BCUT2D eigenvalue weighted by molar-refractivity contribution is 8.76. The molecule has 2 aliphatic rings. The third-order valence-electron chi connectivity index (χ3n) is 4.57. The molecule has 0 spiro atoms. The van der Waals surface area contributed by atoms with Crippen LogP contribution >= 0.6 is 21.6 Å². The Kier molecular flexibility index (Phi) is 9.07. The van der Waals surface area contributed by atoms with Crippen LogP contribution in [0.25, 0.3) is 0 Å². The van der Waals surface area contributed by atoms with Crippen molar-refractivity contribution in [1.82, 2.24) is 9.80 Å². The van der Waals surface area contributed by atoms with Gasteiger partial charge in [-0.25, -0.2) is 19.4 Å². The molecule has 4 amide bonds. The molecule has 16 nitrogen and oxygen atoms in total. The average molecular weight is 589 g/mol. The van der Waals surface area contributed by atoms with Crippen molar-refractivity contribution in [2.45, 2.75) is 25.7 Å². The molecule has 2 fully saturated rings. The molecule has 198 valence electrons.